The SMILES string of the molecule is CC(CC(F)(F)F)NS(=O)(=O)c1ccc(CN)cn1. The lowest BCUT2D eigenvalue weighted by Crippen LogP contribution is -2.36. The quantitative estimate of drug-likeness (QED) is 0.854. The molecule has 1 aromatic heterocycles. The van der Waals surface area contributed by atoms with Gasteiger partial charge >= 0.3 is 6.18 Å². The number of nitrogens with one attached hydrogen (secondary N) is 1. The molecule has 0 saturated heterocycles. The van der Waals surface area contributed by atoms with Crippen LogP contribution in [-0.4, -0.2) is 25.6 Å². The summed E-state index contributed by atoms with van der Waals surface area (Å²) in [6.07, 6.45) is -4.41. The van der Waals surface area contributed by atoms with Gasteiger partial charge in [-0.3, -0.25) is 0 Å². The van der Waals surface area contributed by atoms with Crippen LogP contribution in [0.2, 0.25) is 0 Å². The molecule has 0 aliphatic rings. The molecular weight excluding hydrogens is 283 g/mol. The van der Waals surface area contributed by atoms with Crippen molar-refractivity contribution in [3.63, 3.8) is 0 Å². The van der Waals surface area contributed by atoms with Crippen molar-refractivity contribution in [2.45, 2.75) is 37.1 Å². The Labute approximate surface area is 109 Å². The number of rotatable bonds is 5. The van der Waals surface area contributed by atoms with Crippen LogP contribution < -0.4 is 10.5 Å². The smallest absolute Gasteiger partial charge is 0.326 e. The number of nitrogens with zero attached hydrogens (tertiary/aromatic N) is 1. The Morgan fingerprint density at radius 1 is 1.42 bits per heavy atom. The van der Waals surface area contributed by atoms with E-state index in [0.717, 1.165) is 6.92 Å². The van der Waals surface area contributed by atoms with E-state index >= 15 is 0 Å². The van der Waals surface area contributed by atoms with Gasteiger partial charge in [-0.05, 0) is 18.6 Å². The molecule has 0 fully saturated rings. The Morgan fingerprint density at radius 2 is 2.05 bits per heavy atom. The fraction of sp³-hybridized carbons (Fsp3) is 0.500. The van der Waals surface area contributed by atoms with E-state index in [9.17, 15) is 21.6 Å². The van der Waals surface area contributed by atoms with Crippen LogP contribution in [0.1, 0.15) is 18.9 Å². The molecule has 19 heavy (non-hydrogen) atoms. The summed E-state index contributed by atoms with van der Waals surface area (Å²) in [6, 6.07) is 1.39. The van der Waals surface area contributed by atoms with Crippen LogP contribution >= 0.6 is 0 Å². The molecule has 0 bridgehead atoms. The summed E-state index contributed by atoms with van der Waals surface area (Å²) in [5.41, 5.74) is 5.96. The molecule has 0 saturated carbocycles. The summed E-state index contributed by atoms with van der Waals surface area (Å²) in [7, 11) is -4.06. The van der Waals surface area contributed by atoms with Gasteiger partial charge in [-0.1, -0.05) is 6.07 Å². The zero-order valence-electron chi connectivity index (χ0n) is 10.1. The van der Waals surface area contributed by atoms with Gasteiger partial charge in [-0.15, -0.1) is 0 Å². The van der Waals surface area contributed by atoms with Crippen LogP contribution in [-0.2, 0) is 16.6 Å². The summed E-state index contributed by atoms with van der Waals surface area (Å²) in [4.78, 5) is 3.66. The normalized spacial score (nSPS) is 14.4. The van der Waals surface area contributed by atoms with Crippen LogP contribution in [0.5, 0.6) is 0 Å². The monoisotopic (exact) mass is 297 g/mol. The highest BCUT2D eigenvalue weighted by molar-refractivity contribution is 7.89. The third-order valence-corrected chi connectivity index (χ3v) is 3.71. The van der Waals surface area contributed by atoms with E-state index in [2.05, 4.69) is 4.98 Å². The molecular formula is C10H14F3N3O2S. The zero-order chi connectivity index (χ0) is 14.7. The van der Waals surface area contributed by atoms with E-state index in [1.165, 1.54) is 18.3 Å². The van der Waals surface area contributed by atoms with Crippen molar-refractivity contribution in [1.82, 2.24) is 9.71 Å². The first-order valence-corrected chi connectivity index (χ1v) is 6.86. The molecule has 3 N–H and O–H groups in total. The molecule has 108 valence electrons. The van der Waals surface area contributed by atoms with E-state index in [1.807, 2.05) is 4.72 Å². The third kappa shape index (κ3) is 5.13. The summed E-state index contributed by atoms with van der Waals surface area (Å²) >= 11 is 0. The molecule has 1 unspecified atom stereocenters. The largest absolute Gasteiger partial charge is 0.390 e. The average Bonchev–Trinajstić information content (AvgIpc) is 2.25. The van der Waals surface area contributed by atoms with Crippen molar-refractivity contribution in [3.8, 4) is 0 Å². The number of aromatic nitrogens is 1. The first-order valence-electron chi connectivity index (χ1n) is 5.38. The maximum absolute atomic E-state index is 12.1. The van der Waals surface area contributed by atoms with Gasteiger partial charge in [0.25, 0.3) is 10.0 Å². The lowest BCUT2D eigenvalue weighted by atomic mass is 10.2. The molecule has 1 heterocycles. The lowest BCUT2D eigenvalue weighted by molar-refractivity contribution is -0.137. The highest BCUT2D eigenvalue weighted by Gasteiger charge is 2.32. The second kappa shape index (κ2) is 5.85. The number of halogens is 3. The Bertz CT molecular complexity index is 514. The topological polar surface area (TPSA) is 85.1 Å². The minimum atomic E-state index is -4.43. The number of pyridine rings is 1. The van der Waals surface area contributed by atoms with E-state index < -0.39 is 28.7 Å². The summed E-state index contributed by atoms with van der Waals surface area (Å²) in [5, 5.41) is -0.335. The van der Waals surface area contributed by atoms with Crippen molar-refractivity contribution in [3.05, 3.63) is 23.9 Å². The average molecular weight is 297 g/mol. The molecule has 1 atom stereocenters. The van der Waals surface area contributed by atoms with E-state index in [0.29, 0.717) is 5.56 Å². The number of sulfonamides is 1. The number of alkyl halides is 3. The van der Waals surface area contributed by atoms with Gasteiger partial charge in [0.1, 0.15) is 0 Å². The van der Waals surface area contributed by atoms with Crippen molar-refractivity contribution in [2.24, 2.45) is 5.73 Å². The molecule has 5 nitrogen and oxygen atoms in total. The van der Waals surface area contributed by atoms with Crippen molar-refractivity contribution < 1.29 is 21.6 Å². The van der Waals surface area contributed by atoms with Gasteiger partial charge in [-0.25, -0.2) is 18.1 Å². The fourth-order valence-electron chi connectivity index (χ4n) is 1.40. The molecule has 1 aromatic rings. The van der Waals surface area contributed by atoms with Crippen molar-refractivity contribution in [2.75, 3.05) is 0 Å². The highest BCUT2D eigenvalue weighted by atomic mass is 32.2. The maximum Gasteiger partial charge on any atom is 0.390 e. The Hall–Kier alpha value is -1.19. The first kappa shape index (κ1) is 15.9. The number of nitrogens with two attached hydrogens (primary N) is 1. The minimum Gasteiger partial charge on any atom is -0.326 e. The predicted molar refractivity (Wildman–Crippen MR) is 62.6 cm³/mol. The van der Waals surface area contributed by atoms with Gasteiger partial charge in [0.15, 0.2) is 5.03 Å². The van der Waals surface area contributed by atoms with Crippen molar-refractivity contribution in [1.29, 1.82) is 0 Å². The molecule has 1 rings (SSSR count). The second-order valence-electron chi connectivity index (χ2n) is 4.05. The first-order chi connectivity index (χ1) is 8.64. The lowest BCUT2D eigenvalue weighted by Gasteiger charge is -2.15. The van der Waals surface area contributed by atoms with Gasteiger partial charge in [0, 0.05) is 18.8 Å². The van der Waals surface area contributed by atoms with Gasteiger partial charge < -0.3 is 5.73 Å². The van der Waals surface area contributed by atoms with Gasteiger partial charge in [0.2, 0.25) is 0 Å². The van der Waals surface area contributed by atoms with Crippen LogP contribution in [0.3, 0.4) is 0 Å². The Kier molecular flexibility index (Phi) is 4.88. The molecule has 0 spiro atoms. The zero-order valence-corrected chi connectivity index (χ0v) is 10.9. The third-order valence-electron chi connectivity index (χ3n) is 2.20. The molecule has 9 heteroatoms. The number of hydrogen-bond acceptors (Lipinski definition) is 4. The molecule has 0 aliphatic heterocycles. The van der Waals surface area contributed by atoms with Crippen LogP contribution in [0.15, 0.2) is 23.4 Å². The summed E-state index contributed by atoms with van der Waals surface area (Å²) < 4.78 is 61.8. The van der Waals surface area contributed by atoms with E-state index in [4.69, 9.17) is 5.73 Å². The standard InChI is InChI=1S/C10H14F3N3O2S/c1-7(4-10(11,12)13)16-19(17,18)9-3-2-8(5-14)6-15-9/h2-3,6-7,16H,4-5,14H2,1H3. The van der Waals surface area contributed by atoms with Gasteiger partial charge in [0.05, 0.1) is 6.42 Å². The second-order valence-corrected chi connectivity index (χ2v) is 5.71. The fourth-order valence-corrected chi connectivity index (χ4v) is 2.58. The molecule has 0 aliphatic carbocycles. The molecule has 0 aromatic carbocycles. The summed E-state index contributed by atoms with van der Waals surface area (Å²) in [6.45, 7) is 1.34. The highest BCUT2D eigenvalue weighted by Crippen LogP contribution is 2.22. The van der Waals surface area contributed by atoms with Gasteiger partial charge in [-0.2, -0.15) is 13.2 Å². The van der Waals surface area contributed by atoms with E-state index in [-0.39, 0.29) is 11.6 Å². The van der Waals surface area contributed by atoms with Crippen molar-refractivity contribution >= 4 is 10.0 Å². The minimum absolute atomic E-state index is 0.200. The van der Waals surface area contributed by atoms with Crippen LogP contribution in [0.4, 0.5) is 13.2 Å². The Morgan fingerprint density at radius 3 is 2.47 bits per heavy atom. The molecule has 0 amide bonds. The predicted octanol–water partition coefficient (Wildman–Crippen LogP) is 1.16. The van der Waals surface area contributed by atoms with Crippen LogP contribution in [0, 0.1) is 0 Å². The maximum atomic E-state index is 12.1. The van der Waals surface area contributed by atoms with Crippen LogP contribution in [0.25, 0.3) is 0 Å². The Balaban J connectivity index is 2.80. The number of hydrogen-bond donors (Lipinski definition) is 2. The summed E-state index contributed by atoms with van der Waals surface area (Å²) in [5.74, 6) is 0. The van der Waals surface area contributed by atoms with E-state index in [1.54, 1.807) is 0 Å². The molecule has 0 radical (unpaired) electrons.